The first-order valence-electron chi connectivity index (χ1n) is 5.52. The molecule has 18 heavy (non-hydrogen) atoms. The number of hydrogen-bond acceptors (Lipinski definition) is 1. The highest BCUT2D eigenvalue weighted by atomic mass is 127. The van der Waals surface area contributed by atoms with Crippen LogP contribution in [-0.4, -0.2) is 0 Å². The van der Waals surface area contributed by atoms with E-state index in [1.54, 1.807) is 6.07 Å². The van der Waals surface area contributed by atoms with Crippen LogP contribution in [0.1, 0.15) is 17.2 Å². The zero-order valence-electron chi connectivity index (χ0n) is 9.54. The minimum atomic E-state index is -0.273. The summed E-state index contributed by atoms with van der Waals surface area (Å²) < 4.78 is 15.1. The number of hydrogen-bond donors (Lipinski definition) is 1. The first-order valence-corrected chi connectivity index (χ1v) is 7.39. The second kappa shape index (κ2) is 6.12. The van der Waals surface area contributed by atoms with Crippen LogP contribution < -0.4 is 5.73 Å². The molecule has 0 aromatic heterocycles. The monoisotopic (exact) mass is 419 g/mol. The van der Waals surface area contributed by atoms with Gasteiger partial charge in [0, 0.05) is 9.61 Å². The van der Waals surface area contributed by atoms with E-state index in [0.29, 0.717) is 10.9 Å². The molecule has 2 rings (SSSR count). The summed E-state index contributed by atoms with van der Waals surface area (Å²) in [4.78, 5) is 0. The van der Waals surface area contributed by atoms with E-state index in [4.69, 9.17) is 5.73 Å². The molecule has 0 spiro atoms. The maximum atomic E-state index is 13.4. The molecule has 0 aliphatic carbocycles. The SMILES string of the molecule is NC(Cc1ccc(I)cc1)c1cccc(F)c1Br. The number of halogens is 3. The molecule has 0 radical (unpaired) electrons. The third kappa shape index (κ3) is 3.30. The number of nitrogens with two attached hydrogens (primary N) is 1. The molecule has 0 bridgehead atoms. The maximum Gasteiger partial charge on any atom is 0.137 e. The Hall–Kier alpha value is -0.460. The molecule has 1 atom stereocenters. The molecule has 2 aromatic rings. The van der Waals surface area contributed by atoms with Crippen molar-refractivity contribution in [3.63, 3.8) is 0 Å². The molecule has 0 aliphatic heterocycles. The molecule has 0 fully saturated rings. The summed E-state index contributed by atoms with van der Waals surface area (Å²) in [6.45, 7) is 0. The van der Waals surface area contributed by atoms with Gasteiger partial charge in [-0.15, -0.1) is 0 Å². The van der Waals surface area contributed by atoms with Crippen LogP contribution in [0.5, 0.6) is 0 Å². The van der Waals surface area contributed by atoms with Gasteiger partial charge in [0.25, 0.3) is 0 Å². The Kier molecular flexibility index (Phi) is 4.75. The average Bonchev–Trinajstić information content (AvgIpc) is 2.35. The van der Waals surface area contributed by atoms with Crippen LogP contribution >= 0.6 is 38.5 Å². The van der Waals surface area contributed by atoms with Crippen molar-refractivity contribution in [1.29, 1.82) is 0 Å². The summed E-state index contributed by atoms with van der Waals surface area (Å²) in [7, 11) is 0. The second-order valence-corrected chi connectivity index (χ2v) is 6.12. The maximum absolute atomic E-state index is 13.4. The van der Waals surface area contributed by atoms with Gasteiger partial charge in [0.05, 0.1) is 4.47 Å². The van der Waals surface area contributed by atoms with Crippen LogP contribution in [-0.2, 0) is 6.42 Å². The Bertz CT molecular complexity index is 542. The molecule has 0 aliphatic rings. The zero-order chi connectivity index (χ0) is 13.1. The van der Waals surface area contributed by atoms with Crippen molar-refractivity contribution in [3.8, 4) is 0 Å². The van der Waals surface area contributed by atoms with Crippen LogP contribution in [0, 0.1) is 9.39 Å². The molecule has 94 valence electrons. The van der Waals surface area contributed by atoms with Crippen molar-refractivity contribution >= 4 is 38.5 Å². The Morgan fingerprint density at radius 1 is 1.17 bits per heavy atom. The highest BCUT2D eigenvalue weighted by Gasteiger charge is 2.13. The summed E-state index contributed by atoms with van der Waals surface area (Å²) in [5, 5.41) is 0. The van der Waals surface area contributed by atoms with Crippen molar-refractivity contribution in [1.82, 2.24) is 0 Å². The molecule has 1 nitrogen and oxygen atoms in total. The van der Waals surface area contributed by atoms with E-state index in [2.05, 4.69) is 50.7 Å². The van der Waals surface area contributed by atoms with Crippen LogP contribution in [0.3, 0.4) is 0 Å². The molecule has 0 saturated heterocycles. The lowest BCUT2D eigenvalue weighted by molar-refractivity contribution is 0.610. The minimum Gasteiger partial charge on any atom is -0.324 e. The second-order valence-electron chi connectivity index (χ2n) is 4.08. The van der Waals surface area contributed by atoms with E-state index in [0.717, 1.165) is 11.1 Å². The summed E-state index contributed by atoms with van der Waals surface area (Å²) in [5.41, 5.74) is 8.09. The van der Waals surface area contributed by atoms with E-state index in [9.17, 15) is 4.39 Å². The van der Waals surface area contributed by atoms with Crippen LogP contribution in [0.15, 0.2) is 46.9 Å². The predicted octanol–water partition coefficient (Wildman–Crippen LogP) is 4.44. The first-order chi connectivity index (χ1) is 8.58. The highest BCUT2D eigenvalue weighted by Crippen LogP contribution is 2.27. The Morgan fingerprint density at radius 3 is 2.50 bits per heavy atom. The fourth-order valence-electron chi connectivity index (χ4n) is 1.79. The van der Waals surface area contributed by atoms with Crippen molar-refractivity contribution < 1.29 is 4.39 Å². The van der Waals surface area contributed by atoms with E-state index in [-0.39, 0.29) is 11.9 Å². The summed E-state index contributed by atoms with van der Waals surface area (Å²) >= 11 is 5.51. The van der Waals surface area contributed by atoms with E-state index in [1.807, 2.05) is 18.2 Å². The Balaban J connectivity index is 2.19. The predicted molar refractivity (Wildman–Crippen MR) is 83.9 cm³/mol. The standard InChI is InChI=1S/C14H12BrFIN/c15-14-11(2-1-3-12(14)16)13(18)8-9-4-6-10(17)7-5-9/h1-7,13H,8,18H2. The van der Waals surface area contributed by atoms with Gasteiger partial charge in [0.15, 0.2) is 0 Å². The normalized spacial score (nSPS) is 12.4. The van der Waals surface area contributed by atoms with E-state index >= 15 is 0 Å². The van der Waals surface area contributed by atoms with Crippen molar-refractivity contribution in [2.24, 2.45) is 5.73 Å². The Labute approximate surface area is 128 Å². The van der Waals surface area contributed by atoms with Gasteiger partial charge in [-0.05, 0) is 74.3 Å². The van der Waals surface area contributed by atoms with Crippen molar-refractivity contribution in [3.05, 3.63) is 67.5 Å². The number of benzene rings is 2. The first kappa shape index (κ1) is 14.0. The fraction of sp³-hybridized carbons (Fsp3) is 0.143. The summed E-state index contributed by atoms with van der Waals surface area (Å²) in [6, 6.07) is 12.9. The lowest BCUT2D eigenvalue weighted by Crippen LogP contribution is -2.14. The third-order valence-corrected chi connectivity index (χ3v) is 4.31. The van der Waals surface area contributed by atoms with Gasteiger partial charge in [0.2, 0.25) is 0 Å². The largest absolute Gasteiger partial charge is 0.324 e. The van der Waals surface area contributed by atoms with Gasteiger partial charge in [-0.1, -0.05) is 24.3 Å². The molecule has 4 heteroatoms. The minimum absolute atomic E-state index is 0.213. The van der Waals surface area contributed by atoms with Crippen molar-refractivity contribution in [2.45, 2.75) is 12.5 Å². The van der Waals surface area contributed by atoms with Gasteiger partial charge in [-0.25, -0.2) is 4.39 Å². The molecular formula is C14H12BrFIN. The average molecular weight is 420 g/mol. The van der Waals surface area contributed by atoms with Crippen LogP contribution in [0.4, 0.5) is 4.39 Å². The molecule has 0 heterocycles. The number of rotatable bonds is 3. The van der Waals surface area contributed by atoms with E-state index < -0.39 is 0 Å². The summed E-state index contributed by atoms with van der Waals surface area (Å²) in [5.74, 6) is -0.273. The molecular weight excluding hydrogens is 408 g/mol. The van der Waals surface area contributed by atoms with Crippen molar-refractivity contribution in [2.75, 3.05) is 0 Å². The Morgan fingerprint density at radius 2 is 1.83 bits per heavy atom. The van der Waals surface area contributed by atoms with Gasteiger partial charge in [0.1, 0.15) is 5.82 Å². The molecule has 1 unspecified atom stereocenters. The van der Waals surface area contributed by atoms with E-state index in [1.165, 1.54) is 9.64 Å². The topological polar surface area (TPSA) is 26.0 Å². The third-order valence-electron chi connectivity index (χ3n) is 2.75. The lowest BCUT2D eigenvalue weighted by Gasteiger charge is -2.14. The molecule has 2 aromatic carbocycles. The van der Waals surface area contributed by atoms with Gasteiger partial charge >= 0.3 is 0 Å². The fourth-order valence-corrected chi connectivity index (χ4v) is 2.71. The van der Waals surface area contributed by atoms with Crippen LogP contribution in [0.25, 0.3) is 0 Å². The van der Waals surface area contributed by atoms with Gasteiger partial charge in [-0.2, -0.15) is 0 Å². The van der Waals surface area contributed by atoms with Gasteiger partial charge in [-0.3, -0.25) is 0 Å². The smallest absolute Gasteiger partial charge is 0.137 e. The molecule has 2 N–H and O–H groups in total. The molecule has 0 saturated carbocycles. The van der Waals surface area contributed by atoms with Gasteiger partial charge < -0.3 is 5.73 Å². The van der Waals surface area contributed by atoms with Crippen LogP contribution in [0.2, 0.25) is 0 Å². The molecule has 0 amide bonds. The highest BCUT2D eigenvalue weighted by molar-refractivity contribution is 14.1. The lowest BCUT2D eigenvalue weighted by atomic mass is 10.00. The zero-order valence-corrected chi connectivity index (χ0v) is 13.3. The summed E-state index contributed by atoms with van der Waals surface area (Å²) in [6.07, 6.45) is 0.693. The quantitative estimate of drug-likeness (QED) is 0.731.